The highest BCUT2D eigenvalue weighted by atomic mass is 32.2. The molecule has 0 N–H and O–H groups in total. The number of carbonyl (C=O) groups excluding carboxylic acids is 1. The Morgan fingerprint density at radius 1 is 1.10 bits per heavy atom. The molecular formula is C21H24FNO5S. The van der Waals surface area contributed by atoms with Gasteiger partial charge in [-0.3, -0.25) is 4.79 Å². The van der Waals surface area contributed by atoms with E-state index in [0.717, 1.165) is 6.07 Å². The third-order valence-electron chi connectivity index (χ3n) is 5.19. The Labute approximate surface area is 170 Å². The summed E-state index contributed by atoms with van der Waals surface area (Å²) in [5.41, 5.74) is 0.911. The maximum Gasteiger partial charge on any atom is 0.243 e. The van der Waals surface area contributed by atoms with Gasteiger partial charge in [0.2, 0.25) is 10.0 Å². The Bertz CT molecular complexity index is 1020. The summed E-state index contributed by atoms with van der Waals surface area (Å²) in [6, 6.07) is 8.61. The van der Waals surface area contributed by atoms with Crippen LogP contribution in [0.3, 0.4) is 0 Å². The first-order valence-electron chi connectivity index (χ1n) is 9.30. The average molecular weight is 421 g/mol. The largest absolute Gasteiger partial charge is 0.493 e. The van der Waals surface area contributed by atoms with Crippen LogP contribution in [0.4, 0.5) is 4.39 Å². The molecule has 29 heavy (non-hydrogen) atoms. The summed E-state index contributed by atoms with van der Waals surface area (Å²) in [5.74, 6) is -0.288. The minimum absolute atomic E-state index is 0.0586. The zero-order valence-corrected chi connectivity index (χ0v) is 17.5. The number of hydrogen-bond donors (Lipinski definition) is 0. The maximum atomic E-state index is 13.6. The number of benzene rings is 2. The van der Waals surface area contributed by atoms with Gasteiger partial charge in [-0.15, -0.1) is 0 Å². The standard InChI is InChI=1S/C21H24FNO5S/c1-14-6-8-17(22)12-20(14)29(25,26)23-10-4-5-16(13-23)21(24)15-7-9-18(27-2)19(11-15)28-3/h6-9,11-12,16H,4-5,10,13H2,1-3H3. The summed E-state index contributed by atoms with van der Waals surface area (Å²) in [4.78, 5) is 13.0. The maximum absolute atomic E-state index is 13.6. The van der Waals surface area contributed by atoms with Crippen LogP contribution >= 0.6 is 0 Å². The van der Waals surface area contributed by atoms with Crippen molar-refractivity contribution in [2.75, 3.05) is 27.3 Å². The smallest absolute Gasteiger partial charge is 0.243 e. The van der Waals surface area contributed by atoms with E-state index < -0.39 is 21.8 Å². The van der Waals surface area contributed by atoms with Gasteiger partial charge in [0.25, 0.3) is 0 Å². The molecule has 1 aliphatic heterocycles. The zero-order valence-electron chi connectivity index (χ0n) is 16.6. The highest BCUT2D eigenvalue weighted by Gasteiger charge is 2.34. The lowest BCUT2D eigenvalue weighted by molar-refractivity contribution is 0.0872. The molecule has 1 saturated heterocycles. The first kappa shape index (κ1) is 21.3. The first-order chi connectivity index (χ1) is 13.8. The van der Waals surface area contributed by atoms with Crippen molar-refractivity contribution in [3.05, 3.63) is 53.3 Å². The summed E-state index contributed by atoms with van der Waals surface area (Å²) >= 11 is 0. The van der Waals surface area contributed by atoms with Gasteiger partial charge in [-0.1, -0.05) is 6.07 Å². The van der Waals surface area contributed by atoms with E-state index in [1.807, 2.05) is 0 Å². The van der Waals surface area contributed by atoms with Gasteiger partial charge in [0.1, 0.15) is 5.82 Å². The number of halogens is 1. The molecular weight excluding hydrogens is 397 g/mol. The molecule has 0 aromatic heterocycles. The van der Waals surface area contributed by atoms with E-state index in [9.17, 15) is 17.6 Å². The summed E-state index contributed by atoms with van der Waals surface area (Å²) < 4.78 is 51.5. The molecule has 2 aromatic rings. The molecule has 0 aliphatic carbocycles. The molecule has 1 unspecified atom stereocenters. The first-order valence-corrected chi connectivity index (χ1v) is 10.7. The number of nitrogens with zero attached hydrogens (tertiary/aromatic N) is 1. The highest BCUT2D eigenvalue weighted by molar-refractivity contribution is 7.89. The quantitative estimate of drug-likeness (QED) is 0.668. The SMILES string of the molecule is COc1ccc(C(=O)C2CCCN(S(=O)(=O)c3cc(F)ccc3C)C2)cc1OC. The Kier molecular flexibility index (Phi) is 6.24. The Balaban J connectivity index is 1.85. The van der Waals surface area contributed by atoms with Crippen molar-refractivity contribution in [2.45, 2.75) is 24.7 Å². The van der Waals surface area contributed by atoms with Crippen LogP contribution in [0.5, 0.6) is 11.5 Å². The van der Waals surface area contributed by atoms with E-state index in [1.54, 1.807) is 25.1 Å². The van der Waals surface area contributed by atoms with Gasteiger partial charge in [-0.05, 0) is 55.7 Å². The predicted molar refractivity (Wildman–Crippen MR) is 106 cm³/mol. The van der Waals surface area contributed by atoms with E-state index in [0.29, 0.717) is 42.0 Å². The number of Topliss-reactive ketones (excluding diaryl/α,β-unsaturated/α-hetero) is 1. The van der Waals surface area contributed by atoms with E-state index in [-0.39, 0.29) is 17.2 Å². The van der Waals surface area contributed by atoms with Crippen molar-refractivity contribution < 1.29 is 27.1 Å². The monoisotopic (exact) mass is 421 g/mol. The zero-order chi connectivity index (χ0) is 21.2. The van der Waals surface area contributed by atoms with Crippen LogP contribution in [-0.2, 0) is 10.0 Å². The number of ether oxygens (including phenoxy) is 2. The number of ketones is 1. The fourth-order valence-electron chi connectivity index (χ4n) is 3.59. The highest BCUT2D eigenvalue weighted by Crippen LogP contribution is 2.31. The second-order valence-corrected chi connectivity index (χ2v) is 8.95. The lowest BCUT2D eigenvalue weighted by Crippen LogP contribution is -2.42. The minimum atomic E-state index is -3.89. The molecule has 156 valence electrons. The molecule has 3 rings (SSSR count). The molecule has 1 heterocycles. The van der Waals surface area contributed by atoms with Crippen LogP contribution in [0.15, 0.2) is 41.3 Å². The summed E-state index contributed by atoms with van der Waals surface area (Å²) in [6.45, 7) is 1.99. The van der Waals surface area contributed by atoms with Crippen molar-refractivity contribution in [3.63, 3.8) is 0 Å². The Hall–Kier alpha value is -2.45. The lowest BCUT2D eigenvalue weighted by atomic mass is 9.91. The number of methoxy groups -OCH3 is 2. The molecule has 1 atom stereocenters. The van der Waals surface area contributed by atoms with Crippen LogP contribution in [0.2, 0.25) is 0 Å². The van der Waals surface area contributed by atoms with Gasteiger partial charge in [-0.2, -0.15) is 4.31 Å². The van der Waals surface area contributed by atoms with Crippen molar-refractivity contribution in [3.8, 4) is 11.5 Å². The van der Waals surface area contributed by atoms with Gasteiger partial charge in [-0.25, -0.2) is 12.8 Å². The molecule has 8 heteroatoms. The van der Waals surface area contributed by atoms with Gasteiger partial charge in [0.15, 0.2) is 17.3 Å². The molecule has 0 amide bonds. The molecule has 6 nitrogen and oxygen atoms in total. The third-order valence-corrected chi connectivity index (χ3v) is 7.20. The van der Waals surface area contributed by atoms with Crippen LogP contribution in [0, 0.1) is 18.7 Å². The second-order valence-electron chi connectivity index (χ2n) is 7.05. The van der Waals surface area contributed by atoms with E-state index in [1.165, 1.54) is 30.7 Å². The van der Waals surface area contributed by atoms with Crippen LogP contribution in [-0.4, -0.2) is 45.8 Å². The molecule has 2 aromatic carbocycles. The van der Waals surface area contributed by atoms with Crippen molar-refractivity contribution >= 4 is 15.8 Å². The molecule has 0 saturated carbocycles. The van der Waals surface area contributed by atoms with E-state index in [4.69, 9.17) is 9.47 Å². The molecule has 0 spiro atoms. The topological polar surface area (TPSA) is 72.9 Å². The number of sulfonamides is 1. The van der Waals surface area contributed by atoms with Crippen molar-refractivity contribution in [1.29, 1.82) is 0 Å². The van der Waals surface area contributed by atoms with Crippen LogP contribution < -0.4 is 9.47 Å². The van der Waals surface area contributed by atoms with Crippen molar-refractivity contribution in [2.24, 2.45) is 5.92 Å². The Morgan fingerprint density at radius 3 is 2.52 bits per heavy atom. The fourth-order valence-corrected chi connectivity index (χ4v) is 5.35. The van der Waals surface area contributed by atoms with E-state index >= 15 is 0 Å². The summed E-state index contributed by atoms with van der Waals surface area (Å²) in [6.07, 6.45) is 1.14. The number of aryl methyl sites for hydroxylation is 1. The summed E-state index contributed by atoms with van der Waals surface area (Å²) in [5, 5.41) is 0. The van der Waals surface area contributed by atoms with Gasteiger partial charge < -0.3 is 9.47 Å². The third kappa shape index (κ3) is 4.28. The molecule has 1 fully saturated rings. The van der Waals surface area contributed by atoms with Gasteiger partial charge in [0.05, 0.1) is 19.1 Å². The Morgan fingerprint density at radius 2 is 1.83 bits per heavy atom. The second kappa shape index (κ2) is 8.51. The minimum Gasteiger partial charge on any atom is -0.493 e. The number of carbonyl (C=O) groups is 1. The van der Waals surface area contributed by atoms with Gasteiger partial charge in [0, 0.05) is 24.6 Å². The van der Waals surface area contributed by atoms with Crippen LogP contribution in [0.1, 0.15) is 28.8 Å². The van der Waals surface area contributed by atoms with Crippen molar-refractivity contribution in [1.82, 2.24) is 4.31 Å². The van der Waals surface area contributed by atoms with Crippen LogP contribution in [0.25, 0.3) is 0 Å². The van der Waals surface area contributed by atoms with E-state index in [2.05, 4.69) is 0 Å². The van der Waals surface area contributed by atoms with Gasteiger partial charge >= 0.3 is 0 Å². The molecule has 1 aliphatic rings. The summed E-state index contributed by atoms with van der Waals surface area (Å²) in [7, 11) is -0.891. The fraction of sp³-hybridized carbons (Fsp3) is 0.381. The normalized spacial score (nSPS) is 17.7. The number of hydrogen-bond acceptors (Lipinski definition) is 5. The average Bonchev–Trinajstić information content (AvgIpc) is 2.74. The molecule has 0 bridgehead atoms. The predicted octanol–water partition coefficient (Wildman–Crippen LogP) is 3.43. The number of piperidine rings is 1. The molecule has 0 radical (unpaired) electrons. The lowest BCUT2D eigenvalue weighted by Gasteiger charge is -2.31. The number of rotatable bonds is 6.